The number of anilines is 1. The summed E-state index contributed by atoms with van der Waals surface area (Å²) in [6.45, 7) is 3.77. The first-order valence-corrected chi connectivity index (χ1v) is 9.15. The van der Waals surface area contributed by atoms with E-state index in [0.717, 1.165) is 0 Å². The topological polar surface area (TPSA) is 81.2 Å². The standard InChI is InChI=1S/C22H17FN4O3/c1-2-12-27(17-6-4-3-5-7-17)18(28)13-26-14-24-21-19(22(26)29)20(25-30-21)15-8-10-16(23)11-9-15/h2-11,14H,1,12-13H2. The maximum Gasteiger partial charge on any atom is 0.267 e. The van der Waals surface area contributed by atoms with Crippen LogP contribution in [0.3, 0.4) is 0 Å². The Morgan fingerprint density at radius 1 is 1.17 bits per heavy atom. The monoisotopic (exact) mass is 404 g/mol. The van der Waals surface area contributed by atoms with Gasteiger partial charge in [-0.3, -0.25) is 14.2 Å². The van der Waals surface area contributed by atoms with Crippen molar-refractivity contribution in [1.29, 1.82) is 0 Å². The Morgan fingerprint density at radius 3 is 2.60 bits per heavy atom. The summed E-state index contributed by atoms with van der Waals surface area (Å²) in [4.78, 5) is 31.6. The first-order valence-electron chi connectivity index (χ1n) is 9.15. The Balaban J connectivity index is 1.71. The predicted molar refractivity (Wildman–Crippen MR) is 110 cm³/mol. The van der Waals surface area contributed by atoms with Gasteiger partial charge in [0.1, 0.15) is 29.8 Å². The number of carbonyl (C=O) groups excluding carboxylic acids is 1. The molecule has 0 bridgehead atoms. The van der Waals surface area contributed by atoms with Crippen molar-refractivity contribution in [3.63, 3.8) is 0 Å². The average Bonchev–Trinajstić information content (AvgIpc) is 3.20. The molecule has 8 heteroatoms. The number of fused-ring (bicyclic) bond motifs is 1. The van der Waals surface area contributed by atoms with Gasteiger partial charge in [0.15, 0.2) is 0 Å². The highest BCUT2D eigenvalue weighted by Gasteiger charge is 2.20. The first-order chi connectivity index (χ1) is 14.6. The molecule has 0 N–H and O–H groups in total. The number of aromatic nitrogens is 3. The molecule has 7 nitrogen and oxygen atoms in total. The van der Waals surface area contributed by atoms with Gasteiger partial charge in [0.2, 0.25) is 5.91 Å². The number of hydrogen-bond donors (Lipinski definition) is 0. The Kier molecular flexibility index (Phi) is 5.21. The fourth-order valence-electron chi connectivity index (χ4n) is 3.12. The van der Waals surface area contributed by atoms with Crippen LogP contribution in [0.2, 0.25) is 0 Å². The van der Waals surface area contributed by atoms with E-state index in [4.69, 9.17) is 4.52 Å². The van der Waals surface area contributed by atoms with E-state index in [-0.39, 0.29) is 29.2 Å². The molecule has 0 aliphatic heterocycles. The van der Waals surface area contributed by atoms with E-state index in [0.29, 0.717) is 17.8 Å². The molecule has 0 saturated carbocycles. The number of carbonyl (C=O) groups is 1. The lowest BCUT2D eigenvalue weighted by Crippen LogP contribution is -2.36. The van der Waals surface area contributed by atoms with Crippen LogP contribution in [0.1, 0.15) is 0 Å². The molecule has 0 radical (unpaired) electrons. The molecule has 0 fully saturated rings. The second-order valence-electron chi connectivity index (χ2n) is 6.52. The summed E-state index contributed by atoms with van der Waals surface area (Å²) in [6.07, 6.45) is 2.86. The zero-order valence-corrected chi connectivity index (χ0v) is 15.9. The molecule has 4 aromatic rings. The van der Waals surface area contributed by atoms with Crippen molar-refractivity contribution < 1.29 is 13.7 Å². The molecule has 1 amide bonds. The van der Waals surface area contributed by atoms with Crippen molar-refractivity contribution in [1.82, 2.24) is 14.7 Å². The van der Waals surface area contributed by atoms with Crippen LogP contribution in [0, 0.1) is 5.82 Å². The second-order valence-corrected chi connectivity index (χ2v) is 6.52. The summed E-state index contributed by atoms with van der Waals surface area (Å²) in [5.74, 6) is -0.708. The van der Waals surface area contributed by atoms with Gasteiger partial charge in [-0.2, -0.15) is 0 Å². The largest absolute Gasteiger partial charge is 0.335 e. The lowest BCUT2D eigenvalue weighted by atomic mass is 10.1. The quantitative estimate of drug-likeness (QED) is 0.460. The third-order valence-electron chi connectivity index (χ3n) is 4.57. The van der Waals surface area contributed by atoms with E-state index in [1.807, 2.05) is 18.2 Å². The van der Waals surface area contributed by atoms with Gasteiger partial charge in [0, 0.05) is 17.8 Å². The second kappa shape index (κ2) is 8.12. The molecule has 0 aliphatic carbocycles. The first kappa shape index (κ1) is 19.3. The van der Waals surface area contributed by atoms with Crippen LogP contribution in [-0.4, -0.2) is 27.2 Å². The van der Waals surface area contributed by atoms with Crippen LogP contribution in [0.15, 0.2) is 82.9 Å². The number of amides is 1. The van der Waals surface area contributed by atoms with Gasteiger partial charge in [-0.25, -0.2) is 9.37 Å². The average molecular weight is 404 g/mol. The van der Waals surface area contributed by atoms with Gasteiger partial charge < -0.3 is 9.42 Å². The van der Waals surface area contributed by atoms with E-state index < -0.39 is 11.4 Å². The van der Waals surface area contributed by atoms with Crippen molar-refractivity contribution in [2.75, 3.05) is 11.4 Å². The van der Waals surface area contributed by atoms with E-state index >= 15 is 0 Å². The lowest BCUT2D eigenvalue weighted by Gasteiger charge is -2.21. The molecule has 0 unspecified atom stereocenters. The molecule has 30 heavy (non-hydrogen) atoms. The zero-order valence-electron chi connectivity index (χ0n) is 15.9. The lowest BCUT2D eigenvalue weighted by molar-refractivity contribution is -0.119. The van der Waals surface area contributed by atoms with Crippen molar-refractivity contribution in [3.8, 4) is 11.3 Å². The minimum Gasteiger partial charge on any atom is -0.335 e. The third kappa shape index (κ3) is 3.62. The maximum absolute atomic E-state index is 13.2. The van der Waals surface area contributed by atoms with E-state index in [9.17, 15) is 14.0 Å². The van der Waals surface area contributed by atoms with Crippen molar-refractivity contribution in [3.05, 3.63) is 89.8 Å². The van der Waals surface area contributed by atoms with Crippen LogP contribution in [-0.2, 0) is 11.3 Å². The summed E-state index contributed by atoms with van der Waals surface area (Å²) < 4.78 is 19.6. The van der Waals surface area contributed by atoms with Gasteiger partial charge in [-0.1, -0.05) is 29.4 Å². The fourth-order valence-corrected chi connectivity index (χ4v) is 3.12. The van der Waals surface area contributed by atoms with Crippen LogP contribution in [0.5, 0.6) is 0 Å². The molecule has 0 saturated heterocycles. The Labute approximate surface area is 170 Å². The minimum atomic E-state index is -0.472. The number of halogens is 1. The molecule has 0 atom stereocenters. The molecule has 2 aromatic carbocycles. The normalized spacial score (nSPS) is 10.8. The summed E-state index contributed by atoms with van der Waals surface area (Å²) in [7, 11) is 0. The number of benzene rings is 2. The van der Waals surface area contributed by atoms with E-state index in [2.05, 4.69) is 16.7 Å². The maximum atomic E-state index is 13.2. The Bertz CT molecular complexity index is 1260. The molecule has 2 aromatic heterocycles. The predicted octanol–water partition coefficient (Wildman–Crippen LogP) is 3.41. The molecule has 4 rings (SSSR count). The SMILES string of the molecule is C=CCN(C(=O)Cn1cnc2onc(-c3ccc(F)cc3)c2c1=O)c1ccccc1. The van der Waals surface area contributed by atoms with E-state index in [1.54, 1.807) is 18.2 Å². The molecule has 0 spiro atoms. The minimum absolute atomic E-state index is 0.0500. The van der Waals surface area contributed by atoms with Crippen LogP contribution < -0.4 is 10.5 Å². The summed E-state index contributed by atoms with van der Waals surface area (Å²) >= 11 is 0. The van der Waals surface area contributed by atoms with Crippen molar-refractivity contribution in [2.45, 2.75) is 6.54 Å². The van der Waals surface area contributed by atoms with Gasteiger partial charge in [-0.05, 0) is 36.4 Å². The van der Waals surface area contributed by atoms with Gasteiger partial charge in [-0.15, -0.1) is 6.58 Å². The molecular formula is C22H17FN4O3. The summed E-state index contributed by atoms with van der Waals surface area (Å²) in [6, 6.07) is 14.6. The van der Waals surface area contributed by atoms with Crippen molar-refractivity contribution in [2.24, 2.45) is 0 Å². The number of rotatable bonds is 6. The third-order valence-corrected chi connectivity index (χ3v) is 4.57. The number of nitrogens with zero attached hydrogens (tertiary/aromatic N) is 4. The van der Waals surface area contributed by atoms with Crippen LogP contribution >= 0.6 is 0 Å². The molecule has 0 aliphatic rings. The molecular weight excluding hydrogens is 387 g/mol. The van der Waals surface area contributed by atoms with Crippen molar-refractivity contribution >= 4 is 22.7 Å². The summed E-state index contributed by atoms with van der Waals surface area (Å²) in [5.41, 5.74) is 1.03. The van der Waals surface area contributed by atoms with Gasteiger partial charge >= 0.3 is 0 Å². The Morgan fingerprint density at radius 2 is 1.90 bits per heavy atom. The molecule has 2 heterocycles. The number of para-hydroxylation sites is 1. The Hall–Kier alpha value is -4.07. The fraction of sp³-hybridized carbons (Fsp3) is 0.0909. The smallest absolute Gasteiger partial charge is 0.267 e. The highest BCUT2D eigenvalue weighted by atomic mass is 19.1. The van der Waals surface area contributed by atoms with Gasteiger partial charge in [0.25, 0.3) is 11.3 Å². The highest BCUT2D eigenvalue weighted by Crippen LogP contribution is 2.24. The van der Waals surface area contributed by atoms with Crippen LogP contribution in [0.4, 0.5) is 10.1 Å². The highest BCUT2D eigenvalue weighted by molar-refractivity contribution is 5.94. The number of hydrogen-bond acceptors (Lipinski definition) is 5. The molecule has 150 valence electrons. The zero-order chi connectivity index (χ0) is 21.1. The van der Waals surface area contributed by atoms with E-state index in [1.165, 1.54) is 40.1 Å². The summed E-state index contributed by atoms with van der Waals surface area (Å²) in [5, 5.41) is 4.04. The van der Waals surface area contributed by atoms with Crippen LogP contribution in [0.25, 0.3) is 22.4 Å². The van der Waals surface area contributed by atoms with Gasteiger partial charge in [0.05, 0.1) is 0 Å².